The molecule has 0 saturated heterocycles. The van der Waals surface area contributed by atoms with E-state index in [9.17, 15) is 18.0 Å². The number of sulfonamides is 1. The van der Waals surface area contributed by atoms with Gasteiger partial charge in [-0.25, -0.2) is 8.42 Å². The fourth-order valence-corrected chi connectivity index (χ4v) is 6.21. The molecule has 226 valence electrons. The lowest BCUT2D eigenvalue weighted by atomic mass is 10.0. The van der Waals surface area contributed by atoms with Crippen LogP contribution in [0.3, 0.4) is 0 Å². The molecule has 1 N–H and O–H groups in total. The first-order valence-electron chi connectivity index (χ1n) is 14.0. The second-order valence-electron chi connectivity index (χ2n) is 10.5. The molecule has 0 aliphatic carbocycles. The summed E-state index contributed by atoms with van der Waals surface area (Å²) >= 11 is 12.6. The lowest BCUT2D eigenvalue weighted by Crippen LogP contribution is -2.50. The van der Waals surface area contributed by atoms with Crippen LogP contribution in [0.1, 0.15) is 48.4 Å². The summed E-state index contributed by atoms with van der Waals surface area (Å²) in [4.78, 5) is 29.0. The van der Waals surface area contributed by atoms with Gasteiger partial charge in [0.25, 0.3) is 0 Å². The van der Waals surface area contributed by atoms with Gasteiger partial charge in [-0.2, -0.15) is 0 Å². The molecule has 0 aliphatic rings. The van der Waals surface area contributed by atoms with E-state index in [-0.39, 0.29) is 37.7 Å². The second-order valence-corrected chi connectivity index (χ2v) is 13.2. The first-order valence-corrected chi connectivity index (χ1v) is 16.6. The zero-order valence-electron chi connectivity index (χ0n) is 24.6. The summed E-state index contributed by atoms with van der Waals surface area (Å²) in [7, 11) is -3.60. The van der Waals surface area contributed by atoms with Crippen LogP contribution >= 0.6 is 23.2 Å². The summed E-state index contributed by atoms with van der Waals surface area (Å²) in [5.41, 5.74) is 3.92. The molecule has 3 rings (SSSR count). The lowest BCUT2D eigenvalue weighted by Gasteiger charge is -2.32. The first kappa shape index (κ1) is 33.4. The maximum atomic E-state index is 13.9. The van der Waals surface area contributed by atoms with Gasteiger partial charge in [0.1, 0.15) is 6.04 Å². The molecule has 0 aliphatic heterocycles. The lowest BCUT2D eigenvalue weighted by molar-refractivity contribution is -0.141. The van der Waals surface area contributed by atoms with Crippen molar-refractivity contribution in [2.75, 3.05) is 23.7 Å². The van der Waals surface area contributed by atoms with Crippen LogP contribution in [0.4, 0.5) is 5.69 Å². The number of aryl methyl sites for hydroxylation is 2. The van der Waals surface area contributed by atoms with Gasteiger partial charge in [0.15, 0.2) is 0 Å². The molecule has 10 heteroatoms. The highest BCUT2D eigenvalue weighted by atomic mass is 35.5. The summed E-state index contributed by atoms with van der Waals surface area (Å²) in [5.74, 6) is -0.532. The normalized spacial score (nSPS) is 12.0. The molecule has 42 heavy (non-hydrogen) atoms. The Morgan fingerprint density at radius 1 is 0.976 bits per heavy atom. The van der Waals surface area contributed by atoms with Crippen molar-refractivity contribution < 1.29 is 18.0 Å². The van der Waals surface area contributed by atoms with Crippen LogP contribution in [0.25, 0.3) is 0 Å². The smallest absolute Gasteiger partial charge is 0.243 e. The zero-order valence-corrected chi connectivity index (χ0v) is 26.9. The average molecular weight is 633 g/mol. The Labute approximate surface area is 259 Å². The van der Waals surface area contributed by atoms with E-state index < -0.39 is 16.1 Å². The van der Waals surface area contributed by atoms with Gasteiger partial charge in [-0.15, -0.1) is 0 Å². The predicted molar refractivity (Wildman–Crippen MR) is 172 cm³/mol. The standard InChI is InChI=1S/C32H39Cl2N3O4S/c1-5-17-35-32(39)30(20-25-10-7-6-8-11-25)36(22-26-15-16-27(33)21-28(26)34)31(38)12-9-18-37(42(4,40)41)29-19-23(2)13-14-24(29)3/h6-8,10-11,13-16,19,21,30H,5,9,12,17-18,20,22H2,1-4H3,(H,35,39)/t30-/m0/s1. The van der Waals surface area contributed by atoms with Gasteiger partial charge in [-0.3, -0.25) is 13.9 Å². The minimum absolute atomic E-state index is 0.0362. The molecule has 1 atom stereocenters. The number of anilines is 1. The number of benzene rings is 3. The molecule has 2 amide bonds. The molecule has 0 aromatic heterocycles. The third-order valence-corrected chi connectivity index (χ3v) is 8.73. The molecule has 0 radical (unpaired) electrons. The molecule has 0 heterocycles. The highest BCUT2D eigenvalue weighted by Crippen LogP contribution is 2.26. The van der Waals surface area contributed by atoms with Crippen molar-refractivity contribution in [2.24, 2.45) is 0 Å². The third kappa shape index (κ3) is 9.48. The van der Waals surface area contributed by atoms with E-state index in [0.29, 0.717) is 34.3 Å². The Balaban J connectivity index is 1.92. The van der Waals surface area contributed by atoms with Crippen molar-refractivity contribution in [3.8, 4) is 0 Å². The molecular weight excluding hydrogens is 593 g/mol. The van der Waals surface area contributed by atoms with Gasteiger partial charge in [-0.05, 0) is 67.1 Å². The van der Waals surface area contributed by atoms with Gasteiger partial charge in [0.05, 0.1) is 11.9 Å². The monoisotopic (exact) mass is 631 g/mol. The van der Waals surface area contributed by atoms with Gasteiger partial charge in [0.2, 0.25) is 21.8 Å². The number of amides is 2. The van der Waals surface area contributed by atoms with E-state index in [1.165, 1.54) is 10.6 Å². The summed E-state index contributed by atoms with van der Waals surface area (Å²) in [5, 5.41) is 3.81. The number of rotatable bonds is 14. The Morgan fingerprint density at radius 3 is 2.33 bits per heavy atom. The molecule has 0 spiro atoms. The number of carbonyl (C=O) groups excluding carboxylic acids is 2. The molecular formula is C32H39Cl2N3O4S. The van der Waals surface area contributed by atoms with Crippen LogP contribution in [0, 0.1) is 13.8 Å². The highest BCUT2D eigenvalue weighted by molar-refractivity contribution is 7.92. The summed E-state index contributed by atoms with van der Waals surface area (Å²) in [6.07, 6.45) is 2.53. The Kier molecular flexibility index (Phi) is 12.3. The Morgan fingerprint density at radius 2 is 1.69 bits per heavy atom. The van der Waals surface area contributed by atoms with E-state index in [1.807, 2.05) is 69.3 Å². The van der Waals surface area contributed by atoms with Gasteiger partial charge >= 0.3 is 0 Å². The van der Waals surface area contributed by atoms with E-state index >= 15 is 0 Å². The predicted octanol–water partition coefficient (Wildman–Crippen LogP) is 6.32. The number of nitrogens with one attached hydrogen (secondary N) is 1. The number of hydrogen-bond donors (Lipinski definition) is 1. The van der Waals surface area contributed by atoms with Gasteiger partial charge in [0, 0.05) is 42.5 Å². The fourth-order valence-electron chi connectivity index (χ4n) is 4.72. The topological polar surface area (TPSA) is 86.8 Å². The van der Waals surface area contributed by atoms with Crippen LogP contribution in [0.2, 0.25) is 10.0 Å². The molecule has 0 bridgehead atoms. The first-order chi connectivity index (χ1) is 19.9. The minimum Gasteiger partial charge on any atom is -0.354 e. The molecule has 7 nitrogen and oxygen atoms in total. The summed E-state index contributed by atoms with van der Waals surface area (Å²) in [6, 6.07) is 19.4. The highest BCUT2D eigenvalue weighted by Gasteiger charge is 2.31. The van der Waals surface area contributed by atoms with Crippen LogP contribution in [0.15, 0.2) is 66.7 Å². The van der Waals surface area contributed by atoms with Crippen LogP contribution in [-0.2, 0) is 32.6 Å². The van der Waals surface area contributed by atoms with Crippen molar-refractivity contribution in [2.45, 2.75) is 59.0 Å². The largest absolute Gasteiger partial charge is 0.354 e. The summed E-state index contributed by atoms with van der Waals surface area (Å²) in [6.45, 7) is 6.43. The number of nitrogens with zero attached hydrogens (tertiary/aromatic N) is 2. The number of hydrogen-bond acceptors (Lipinski definition) is 4. The Hall–Kier alpha value is -3.07. The van der Waals surface area contributed by atoms with Crippen LogP contribution in [-0.4, -0.2) is 50.5 Å². The minimum atomic E-state index is -3.60. The molecule has 3 aromatic rings. The molecule has 0 fully saturated rings. The zero-order chi connectivity index (χ0) is 30.9. The fraction of sp³-hybridized carbons (Fsp3) is 0.375. The van der Waals surface area contributed by atoms with E-state index in [1.54, 1.807) is 23.1 Å². The van der Waals surface area contributed by atoms with Gasteiger partial charge in [-0.1, -0.05) is 78.7 Å². The average Bonchev–Trinajstić information content (AvgIpc) is 2.94. The second kappa shape index (κ2) is 15.4. The van der Waals surface area contributed by atoms with E-state index in [2.05, 4.69) is 5.32 Å². The number of carbonyl (C=O) groups is 2. The third-order valence-electron chi connectivity index (χ3n) is 6.96. The van der Waals surface area contributed by atoms with Crippen molar-refractivity contribution in [3.05, 3.63) is 99.0 Å². The maximum absolute atomic E-state index is 13.9. The van der Waals surface area contributed by atoms with E-state index in [0.717, 1.165) is 23.1 Å². The summed E-state index contributed by atoms with van der Waals surface area (Å²) < 4.78 is 26.9. The van der Waals surface area contributed by atoms with Crippen LogP contribution in [0.5, 0.6) is 0 Å². The van der Waals surface area contributed by atoms with E-state index in [4.69, 9.17) is 23.2 Å². The van der Waals surface area contributed by atoms with Crippen molar-refractivity contribution in [3.63, 3.8) is 0 Å². The molecule has 0 unspecified atom stereocenters. The maximum Gasteiger partial charge on any atom is 0.243 e. The molecule has 0 saturated carbocycles. The van der Waals surface area contributed by atoms with Crippen LogP contribution < -0.4 is 9.62 Å². The number of halogens is 2. The van der Waals surface area contributed by atoms with Crippen molar-refractivity contribution in [1.82, 2.24) is 10.2 Å². The Bertz CT molecular complexity index is 1480. The molecule has 3 aromatic carbocycles. The quantitative estimate of drug-likeness (QED) is 0.225. The SMILES string of the molecule is CCCNC(=O)[C@H](Cc1ccccc1)N(Cc1ccc(Cl)cc1Cl)C(=O)CCCN(c1cc(C)ccc1C)S(C)(=O)=O. The van der Waals surface area contributed by atoms with Gasteiger partial charge < -0.3 is 10.2 Å². The van der Waals surface area contributed by atoms with Crippen molar-refractivity contribution in [1.29, 1.82) is 0 Å². The van der Waals surface area contributed by atoms with Crippen molar-refractivity contribution >= 4 is 50.7 Å².